The fraction of sp³-hybridized carbons (Fsp3) is 0.250. The minimum absolute atomic E-state index is 0.118. The average molecular weight is 337 g/mol. The highest BCUT2D eigenvalue weighted by Crippen LogP contribution is 2.32. The van der Waals surface area contributed by atoms with Crippen molar-refractivity contribution >= 4 is 23.2 Å². The lowest BCUT2D eigenvalue weighted by Gasteiger charge is -2.10. The number of aliphatic carboxylic acids is 1. The van der Waals surface area contributed by atoms with Crippen LogP contribution in [0.2, 0.25) is 0 Å². The highest BCUT2D eigenvalue weighted by atomic mass is 32.1. The zero-order chi connectivity index (χ0) is 17.0. The molecule has 0 fully saturated rings. The zero-order valence-electron chi connectivity index (χ0n) is 12.6. The molecule has 1 aromatic carbocycles. The Morgan fingerprint density at radius 2 is 2.00 bits per heavy atom. The van der Waals surface area contributed by atoms with Gasteiger partial charge in [0.05, 0.1) is 11.4 Å². The maximum absolute atomic E-state index is 13.0. The summed E-state index contributed by atoms with van der Waals surface area (Å²) in [6, 6.07) is 7.76. The largest absolute Gasteiger partial charge is 0.479 e. The highest BCUT2D eigenvalue weighted by molar-refractivity contribution is 7.17. The van der Waals surface area contributed by atoms with E-state index in [1.54, 1.807) is 18.2 Å². The van der Waals surface area contributed by atoms with Crippen molar-refractivity contribution in [3.8, 4) is 10.4 Å². The molecule has 0 aliphatic heterocycles. The smallest absolute Gasteiger partial charge is 0.334 e. The molecule has 2 N–H and O–H groups in total. The van der Waals surface area contributed by atoms with Gasteiger partial charge in [-0.2, -0.15) is 0 Å². The number of nitrogens with one attached hydrogen (secondary N) is 1. The van der Waals surface area contributed by atoms with E-state index < -0.39 is 12.1 Å². The van der Waals surface area contributed by atoms with Crippen LogP contribution in [0.1, 0.15) is 15.2 Å². The molecule has 0 spiro atoms. The summed E-state index contributed by atoms with van der Waals surface area (Å²) in [5.74, 6) is -1.82. The van der Waals surface area contributed by atoms with Crippen LogP contribution in [0.15, 0.2) is 30.3 Å². The quantitative estimate of drug-likeness (QED) is 0.850. The van der Waals surface area contributed by atoms with Crippen molar-refractivity contribution in [1.82, 2.24) is 5.32 Å². The Kier molecular flexibility index (Phi) is 5.46. The van der Waals surface area contributed by atoms with Gasteiger partial charge in [0, 0.05) is 12.0 Å². The van der Waals surface area contributed by atoms with Crippen molar-refractivity contribution < 1.29 is 23.8 Å². The summed E-state index contributed by atoms with van der Waals surface area (Å²) in [6.45, 7) is 1.74. The first-order chi connectivity index (χ1) is 10.9. The number of thiophene rings is 1. The number of aryl methyl sites for hydroxylation is 1. The normalized spacial score (nSPS) is 12.0. The predicted molar refractivity (Wildman–Crippen MR) is 85.2 cm³/mol. The van der Waals surface area contributed by atoms with Gasteiger partial charge in [0.1, 0.15) is 5.82 Å². The van der Waals surface area contributed by atoms with E-state index in [1.165, 1.54) is 30.6 Å². The number of benzene rings is 1. The standard InChI is InChI=1S/C16H16FNO4S/c1-9-7-13(15(19)18-8-12(22-2)16(20)21)23-14(9)10-3-5-11(17)6-4-10/h3-7,12H,8H2,1-2H3,(H,18,19)(H,20,21). The van der Waals surface area contributed by atoms with Gasteiger partial charge < -0.3 is 15.2 Å². The molecule has 0 radical (unpaired) electrons. The molecule has 0 aliphatic carbocycles. The third-order valence-electron chi connectivity index (χ3n) is 3.26. The Morgan fingerprint density at radius 3 is 2.57 bits per heavy atom. The molecule has 0 aliphatic rings. The maximum Gasteiger partial charge on any atom is 0.334 e. The van der Waals surface area contributed by atoms with E-state index in [0.717, 1.165) is 16.0 Å². The number of halogens is 1. The second-order valence-electron chi connectivity index (χ2n) is 4.90. The molecular formula is C16H16FNO4S. The van der Waals surface area contributed by atoms with Gasteiger partial charge in [0.25, 0.3) is 5.91 Å². The number of carboxylic acids is 1. The van der Waals surface area contributed by atoms with Crippen LogP contribution >= 0.6 is 11.3 Å². The van der Waals surface area contributed by atoms with Crippen molar-refractivity contribution in [3.05, 3.63) is 46.6 Å². The molecule has 1 amide bonds. The van der Waals surface area contributed by atoms with E-state index in [2.05, 4.69) is 5.32 Å². The molecule has 7 heteroatoms. The number of ether oxygens (including phenoxy) is 1. The summed E-state index contributed by atoms with van der Waals surface area (Å²) in [4.78, 5) is 24.3. The van der Waals surface area contributed by atoms with Gasteiger partial charge in [-0.1, -0.05) is 12.1 Å². The SMILES string of the molecule is COC(CNC(=O)c1cc(C)c(-c2ccc(F)cc2)s1)C(=O)O. The number of carboxylic acid groups (broad SMARTS) is 1. The van der Waals surface area contributed by atoms with Crippen molar-refractivity contribution in [3.63, 3.8) is 0 Å². The number of methoxy groups -OCH3 is 1. The van der Waals surface area contributed by atoms with Gasteiger partial charge in [-0.15, -0.1) is 11.3 Å². The van der Waals surface area contributed by atoms with E-state index in [9.17, 15) is 14.0 Å². The lowest BCUT2D eigenvalue weighted by molar-refractivity contribution is -0.148. The van der Waals surface area contributed by atoms with E-state index >= 15 is 0 Å². The van der Waals surface area contributed by atoms with Gasteiger partial charge in [0.2, 0.25) is 0 Å². The molecule has 2 rings (SSSR count). The molecule has 122 valence electrons. The lowest BCUT2D eigenvalue weighted by atomic mass is 10.1. The molecule has 0 saturated carbocycles. The molecule has 0 saturated heterocycles. The van der Waals surface area contributed by atoms with Gasteiger partial charge in [-0.3, -0.25) is 4.79 Å². The Labute approximate surface area is 136 Å². The number of carbonyl (C=O) groups excluding carboxylic acids is 1. The summed E-state index contributed by atoms with van der Waals surface area (Å²) in [7, 11) is 1.27. The summed E-state index contributed by atoms with van der Waals surface area (Å²) in [6.07, 6.45) is -1.09. The van der Waals surface area contributed by atoms with Crippen LogP contribution in [0.25, 0.3) is 10.4 Å². The summed E-state index contributed by atoms with van der Waals surface area (Å²) in [5, 5.41) is 11.4. The van der Waals surface area contributed by atoms with E-state index in [-0.39, 0.29) is 18.3 Å². The minimum Gasteiger partial charge on any atom is -0.479 e. The molecule has 1 unspecified atom stereocenters. The first-order valence-corrected chi connectivity index (χ1v) is 7.64. The van der Waals surface area contributed by atoms with Crippen LogP contribution in [-0.4, -0.2) is 36.7 Å². The highest BCUT2D eigenvalue weighted by Gasteiger charge is 2.19. The van der Waals surface area contributed by atoms with Gasteiger partial charge >= 0.3 is 5.97 Å². The van der Waals surface area contributed by atoms with Crippen LogP contribution in [-0.2, 0) is 9.53 Å². The first kappa shape index (κ1) is 17.1. The second kappa shape index (κ2) is 7.34. The Balaban J connectivity index is 2.12. The molecule has 5 nitrogen and oxygen atoms in total. The van der Waals surface area contributed by atoms with Crippen LogP contribution in [0.3, 0.4) is 0 Å². The van der Waals surface area contributed by atoms with Crippen molar-refractivity contribution in [2.45, 2.75) is 13.0 Å². The molecule has 1 aromatic heterocycles. The Hall–Kier alpha value is -2.25. The minimum atomic E-state index is -1.14. The number of carbonyl (C=O) groups is 2. The van der Waals surface area contributed by atoms with Crippen LogP contribution in [0, 0.1) is 12.7 Å². The molecule has 1 atom stereocenters. The number of hydrogen-bond donors (Lipinski definition) is 2. The fourth-order valence-electron chi connectivity index (χ4n) is 2.03. The van der Waals surface area contributed by atoms with Crippen LogP contribution < -0.4 is 5.32 Å². The predicted octanol–water partition coefficient (Wildman–Crippen LogP) is 2.69. The molecule has 0 bridgehead atoms. The molecule has 23 heavy (non-hydrogen) atoms. The molecule has 2 aromatic rings. The topological polar surface area (TPSA) is 75.6 Å². The van der Waals surface area contributed by atoms with Crippen LogP contribution in [0.5, 0.6) is 0 Å². The summed E-state index contributed by atoms with van der Waals surface area (Å²) in [5.41, 5.74) is 1.72. The van der Waals surface area contributed by atoms with Gasteiger partial charge in [-0.05, 0) is 36.2 Å². The Bertz CT molecular complexity index is 711. The number of hydrogen-bond acceptors (Lipinski definition) is 4. The summed E-state index contributed by atoms with van der Waals surface area (Å²) >= 11 is 1.27. The van der Waals surface area contributed by atoms with Gasteiger partial charge in [0.15, 0.2) is 6.10 Å². The van der Waals surface area contributed by atoms with E-state index in [0.29, 0.717) is 4.88 Å². The molecular weight excluding hydrogens is 321 g/mol. The third-order valence-corrected chi connectivity index (χ3v) is 4.54. The average Bonchev–Trinajstić information content (AvgIpc) is 2.90. The van der Waals surface area contributed by atoms with Crippen molar-refractivity contribution in [2.75, 3.05) is 13.7 Å². The third kappa shape index (κ3) is 4.14. The number of amides is 1. The molecule has 1 heterocycles. The fourth-order valence-corrected chi connectivity index (χ4v) is 3.12. The summed E-state index contributed by atoms with van der Waals surface area (Å²) < 4.78 is 17.8. The number of rotatable bonds is 6. The second-order valence-corrected chi connectivity index (χ2v) is 5.95. The van der Waals surface area contributed by atoms with Gasteiger partial charge in [-0.25, -0.2) is 9.18 Å². The van der Waals surface area contributed by atoms with E-state index in [4.69, 9.17) is 9.84 Å². The van der Waals surface area contributed by atoms with E-state index in [1.807, 2.05) is 6.92 Å². The van der Waals surface area contributed by atoms with Crippen LogP contribution in [0.4, 0.5) is 4.39 Å². The van der Waals surface area contributed by atoms with Crippen molar-refractivity contribution in [1.29, 1.82) is 0 Å². The lowest BCUT2D eigenvalue weighted by Crippen LogP contribution is -2.37. The monoisotopic (exact) mass is 337 g/mol. The Morgan fingerprint density at radius 1 is 1.35 bits per heavy atom. The van der Waals surface area contributed by atoms with Crippen molar-refractivity contribution in [2.24, 2.45) is 0 Å². The maximum atomic E-state index is 13.0. The zero-order valence-corrected chi connectivity index (χ0v) is 13.4. The first-order valence-electron chi connectivity index (χ1n) is 6.82.